The minimum absolute atomic E-state index is 0.300. The number of likely N-dealkylation sites (N-methyl/N-ethyl adjacent to an activating group) is 1. The van der Waals surface area contributed by atoms with Gasteiger partial charge in [0.25, 0.3) is 0 Å². The van der Waals surface area contributed by atoms with Gasteiger partial charge in [0.1, 0.15) is 0 Å². The van der Waals surface area contributed by atoms with Crippen molar-refractivity contribution in [1.29, 1.82) is 0 Å². The van der Waals surface area contributed by atoms with E-state index in [4.69, 9.17) is 5.73 Å². The van der Waals surface area contributed by atoms with Gasteiger partial charge in [0.2, 0.25) is 0 Å². The molecule has 0 heterocycles. The van der Waals surface area contributed by atoms with Crippen LogP contribution in [0.15, 0.2) is 0 Å². The molecule has 1 unspecified atom stereocenters. The van der Waals surface area contributed by atoms with E-state index in [1.807, 2.05) is 0 Å². The summed E-state index contributed by atoms with van der Waals surface area (Å²) in [6.45, 7) is 8.79. The second-order valence-corrected chi connectivity index (χ2v) is 4.28. The lowest BCUT2D eigenvalue weighted by Gasteiger charge is -2.18. The molecule has 0 saturated heterocycles. The first-order valence-corrected chi connectivity index (χ1v) is 4.96. The van der Waals surface area contributed by atoms with E-state index in [1.165, 1.54) is 19.4 Å². The van der Waals surface area contributed by atoms with Crippen molar-refractivity contribution >= 4 is 0 Å². The van der Waals surface area contributed by atoms with E-state index < -0.39 is 0 Å². The van der Waals surface area contributed by atoms with Crippen LogP contribution >= 0.6 is 0 Å². The van der Waals surface area contributed by atoms with Crippen LogP contribution in [0.1, 0.15) is 33.6 Å². The molecule has 0 aliphatic rings. The Balaban J connectivity index is 3.25. The third kappa shape index (κ3) is 8.02. The molecule has 0 fully saturated rings. The largest absolute Gasteiger partial charge is 0.327 e. The summed E-state index contributed by atoms with van der Waals surface area (Å²) in [5.41, 5.74) is 5.68. The molecule has 0 saturated carbocycles. The topological polar surface area (TPSA) is 29.3 Å². The first kappa shape index (κ1) is 11.9. The molecule has 2 nitrogen and oxygen atoms in total. The summed E-state index contributed by atoms with van der Waals surface area (Å²) in [4.78, 5) is 2.31. The maximum absolute atomic E-state index is 5.68. The van der Waals surface area contributed by atoms with Crippen LogP contribution in [-0.4, -0.2) is 31.1 Å². The maximum Gasteiger partial charge on any atom is 0.0139 e. The van der Waals surface area contributed by atoms with Crippen molar-refractivity contribution in [3.8, 4) is 0 Å². The Morgan fingerprint density at radius 2 is 1.83 bits per heavy atom. The second-order valence-electron chi connectivity index (χ2n) is 4.28. The summed E-state index contributed by atoms with van der Waals surface area (Å²) >= 11 is 0. The predicted molar refractivity (Wildman–Crippen MR) is 55.2 cm³/mol. The SMILES string of the molecule is CC(C)CCCN(C)CC(C)N. The molecule has 0 aliphatic carbocycles. The van der Waals surface area contributed by atoms with Gasteiger partial charge in [0.05, 0.1) is 0 Å². The summed E-state index contributed by atoms with van der Waals surface area (Å²) in [5, 5.41) is 0. The van der Waals surface area contributed by atoms with Gasteiger partial charge in [-0.05, 0) is 39.3 Å². The highest BCUT2D eigenvalue weighted by Crippen LogP contribution is 2.03. The van der Waals surface area contributed by atoms with E-state index >= 15 is 0 Å². The Morgan fingerprint density at radius 1 is 1.25 bits per heavy atom. The molecule has 1 atom stereocenters. The van der Waals surface area contributed by atoms with Crippen molar-refractivity contribution in [3.05, 3.63) is 0 Å². The summed E-state index contributed by atoms with van der Waals surface area (Å²) in [5.74, 6) is 0.827. The van der Waals surface area contributed by atoms with Crippen molar-refractivity contribution < 1.29 is 0 Å². The van der Waals surface area contributed by atoms with E-state index in [9.17, 15) is 0 Å². The maximum atomic E-state index is 5.68. The molecule has 74 valence electrons. The van der Waals surface area contributed by atoms with Gasteiger partial charge < -0.3 is 10.6 Å². The van der Waals surface area contributed by atoms with Gasteiger partial charge in [-0.25, -0.2) is 0 Å². The molecule has 0 bridgehead atoms. The van der Waals surface area contributed by atoms with Crippen molar-refractivity contribution in [3.63, 3.8) is 0 Å². The van der Waals surface area contributed by atoms with Gasteiger partial charge in [-0.15, -0.1) is 0 Å². The first-order chi connectivity index (χ1) is 5.52. The van der Waals surface area contributed by atoms with Crippen molar-refractivity contribution in [2.45, 2.75) is 39.7 Å². The van der Waals surface area contributed by atoms with Crippen LogP contribution in [0.4, 0.5) is 0 Å². The van der Waals surface area contributed by atoms with Crippen LogP contribution in [0.3, 0.4) is 0 Å². The van der Waals surface area contributed by atoms with Gasteiger partial charge >= 0.3 is 0 Å². The molecule has 12 heavy (non-hydrogen) atoms. The number of hydrogen-bond donors (Lipinski definition) is 1. The molecule has 0 aromatic rings. The Hall–Kier alpha value is -0.0800. The zero-order valence-corrected chi connectivity index (χ0v) is 9.01. The smallest absolute Gasteiger partial charge is 0.0139 e. The van der Waals surface area contributed by atoms with Crippen molar-refractivity contribution in [2.24, 2.45) is 11.7 Å². The van der Waals surface area contributed by atoms with E-state index in [2.05, 4.69) is 32.7 Å². The molecule has 0 rings (SSSR count). The highest BCUT2D eigenvalue weighted by atomic mass is 15.1. The Morgan fingerprint density at radius 3 is 2.25 bits per heavy atom. The molecule has 0 aliphatic heterocycles. The predicted octanol–water partition coefficient (Wildman–Crippen LogP) is 1.70. The quantitative estimate of drug-likeness (QED) is 0.661. The molecule has 2 N–H and O–H groups in total. The summed E-state index contributed by atoms with van der Waals surface area (Å²) in [6, 6.07) is 0.300. The fourth-order valence-electron chi connectivity index (χ4n) is 1.35. The Bertz CT molecular complexity index is 100. The molecular weight excluding hydrogens is 148 g/mol. The lowest BCUT2D eigenvalue weighted by Crippen LogP contribution is -2.33. The number of hydrogen-bond acceptors (Lipinski definition) is 2. The normalized spacial score (nSPS) is 14.2. The molecule has 2 heteroatoms. The minimum atomic E-state index is 0.300. The lowest BCUT2D eigenvalue weighted by molar-refractivity contribution is 0.303. The third-order valence-electron chi connectivity index (χ3n) is 1.92. The summed E-state index contributed by atoms with van der Waals surface area (Å²) < 4.78 is 0. The van der Waals surface area contributed by atoms with Crippen LogP contribution in [0.5, 0.6) is 0 Å². The standard InChI is InChI=1S/C10H24N2/c1-9(2)6-5-7-12(4)8-10(3)11/h9-10H,5-8,11H2,1-4H3. The van der Waals surface area contributed by atoms with Crippen LogP contribution < -0.4 is 5.73 Å². The fraction of sp³-hybridized carbons (Fsp3) is 1.00. The average molecular weight is 172 g/mol. The van der Waals surface area contributed by atoms with E-state index in [-0.39, 0.29) is 0 Å². The van der Waals surface area contributed by atoms with Gasteiger partial charge in [0.15, 0.2) is 0 Å². The van der Waals surface area contributed by atoms with Crippen LogP contribution in [0, 0.1) is 5.92 Å². The first-order valence-electron chi connectivity index (χ1n) is 4.96. The Kier molecular flexibility index (Phi) is 6.39. The highest BCUT2D eigenvalue weighted by Gasteiger charge is 2.01. The number of rotatable bonds is 6. The van der Waals surface area contributed by atoms with Crippen LogP contribution in [0.25, 0.3) is 0 Å². The van der Waals surface area contributed by atoms with Crippen LogP contribution in [0.2, 0.25) is 0 Å². The summed E-state index contributed by atoms with van der Waals surface area (Å²) in [7, 11) is 2.14. The Labute approximate surface area is 77.1 Å². The number of nitrogens with zero attached hydrogens (tertiary/aromatic N) is 1. The zero-order valence-electron chi connectivity index (χ0n) is 9.01. The molecule has 0 radical (unpaired) electrons. The minimum Gasteiger partial charge on any atom is -0.327 e. The third-order valence-corrected chi connectivity index (χ3v) is 1.92. The van der Waals surface area contributed by atoms with Gasteiger partial charge in [0, 0.05) is 12.6 Å². The average Bonchev–Trinajstić information content (AvgIpc) is 1.84. The number of nitrogens with two attached hydrogens (primary N) is 1. The van der Waals surface area contributed by atoms with Gasteiger partial charge in [-0.3, -0.25) is 0 Å². The molecule has 0 aromatic heterocycles. The van der Waals surface area contributed by atoms with Gasteiger partial charge in [-0.2, -0.15) is 0 Å². The van der Waals surface area contributed by atoms with Crippen LogP contribution in [-0.2, 0) is 0 Å². The van der Waals surface area contributed by atoms with Gasteiger partial charge in [-0.1, -0.05) is 13.8 Å². The van der Waals surface area contributed by atoms with Crippen molar-refractivity contribution in [1.82, 2.24) is 4.90 Å². The van der Waals surface area contributed by atoms with E-state index in [0.29, 0.717) is 6.04 Å². The zero-order chi connectivity index (χ0) is 9.56. The summed E-state index contributed by atoms with van der Waals surface area (Å²) in [6.07, 6.45) is 2.62. The second kappa shape index (κ2) is 6.44. The molecular formula is C10H24N2. The van der Waals surface area contributed by atoms with E-state index in [0.717, 1.165) is 12.5 Å². The van der Waals surface area contributed by atoms with Crippen molar-refractivity contribution in [2.75, 3.05) is 20.1 Å². The fourth-order valence-corrected chi connectivity index (χ4v) is 1.35. The monoisotopic (exact) mass is 172 g/mol. The van der Waals surface area contributed by atoms with E-state index in [1.54, 1.807) is 0 Å². The molecule has 0 spiro atoms. The lowest BCUT2D eigenvalue weighted by atomic mass is 10.1. The molecule has 0 aromatic carbocycles. The molecule has 0 amide bonds. The highest BCUT2D eigenvalue weighted by molar-refractivity contribution is 4.60.